The maximum atomic E-state index is 11.3. The van der Waals surface area contributed by atoms with Gasteiger partial charge in [0.05, 0.1) is 12.6 Å². The van der Waals surface area contributed by atoms with Crippen molar-refractivity contribution in [1.82, 2.24) is 5.32 Å². The molecule has 0 fully saturated rings. The minimum atomic E-state index is -0.790. The third kappa shape index (κ3) is 4.98. The number of ether oxygens (including phenoxy) is 1. The van der Waals surface area contributed by atoms with Crippen LogP contribution in [0.25, 0.3) is 0 Å². The molecular formula is C13H21NO2S. The van der Waals surface area contributed by atoms with E-state index in [1.807, 2.05) is 25.1 Å². The molecule has 3 atom stereocenters. The molecule has 0 aliphatic heterocycles. The first-order chi connectivity index (χ1) is 8.15. The van der Waals surface area contributed by atoms with Gasteiger partial charge in [0, 0.05) is 36.0 Å². The molecule has 96 valence electrons. The summed E-state index contributed by atoms with van der Waals surface area (Å²) >= 11 is 0. The van der Waals surface area contributed by atoms with Gasteiger partial charge in [-0.3, -0.25) is 4.21 Å². The summed E-state index contributed by atoms with van der Waals surface area (Å²) in [5.41, 5.74) is 1.20. The third-order valence-electron chi connectivity index (χ3n) is 2.75. The molecule has 0 aliphatic rings. The fraction of sp³-hybridized carbons (Fsp3) is 0.538. The quantitative estimate of drug-likeness (QED) is 0.806. The molecule has 0 spiro atoms. The van der Waals surface area contributed by atoms with Crippen molar-refractivity contribution in [2.45, 2.75) is 18.2 Å². The van der Waals surface area contributed by atoms with E-state index in [0.29, 0.717) is 6.61 Å². The minimum absolute atomic E-state index is 0.151. The van der Waals surface area contributed by atoms with Gasteiger partial charge in [-0.05, 0) is 12.5 Å². The summed E-state index contributed by atoms with van der Waals surface area (Å²) in [6.45, 7) is 3.33. The molecule has 0 heterocycles. The lowest BCUT2D eigenvalue weighted by Crippen LogP contribution is -2.33. The van der Waals surface area contributed by atoms with E-state index in [2.05, 4.69) is 17.4 Å². The maximum Gasteiger partial charge on any atom is 0.0657 e. The highest BCUT2D eigenvalue weighted by Crippen LogP contribution is 2.12. The van der Waals surface area contributed by atoms with E-state index in [1.54, 1.807) is 13.4 Å². The summed E-state index contributed by atoms with van der Waals surface area (Å²) in [4.78, 5) is 0. The van der Waals surface area contributed by atoms with Crippen molar-refractivity contribution in [2.24, 2.45) is 0 Å². The van der Waals surface area contributed by atoms with E-state index in [9.17, 15) is 4.21 Å². The van der Waals surface area contributed by atoms with E-state index in [4.69, 9.17) is 4.74 Å². The molecule has 1 N–H and O–H groups in total. The Balaban J connectivity index is 2.58. The Morgan fingerprint density at radius 3 is 2.53 bits per heavy atom. The molecule has 0 bridgehead atoms. The highest BCUT2D eigenvalue weighted by atomic mass is 32.2. The monoisotopic (exact) mass is 255 g/mol. The van der Waals surface area contributed by atoms with E-state index in [0.717, 1.165) is 6.54 Å². The van der Waals surface area contributed by atoms with Gasteiger partial charge in [-0.2, -0.15) is 0 Å². The van der Waals surface area contributed by atoms with Gasteiger partial charge < -0.3 is 10.1 Å². The molecule has 3 nitrogen and oxygen atoms in total. The van der Waals surface area contributed by atoms with Crippen LogP contribution >= 0.6 is 0 Å². The van der Waals surface area contributed by atoms with Gasteiger partial charge in [0.1, 0.15) is 0 Å². The summed E-state index contributed by atoms with van der Waals surface area (Å²) in [5, 5.41) is 3.55. The summed E-state index contributed by atoms with van der Waals surface area (Å²) < 4.78 is 16.5. The molecule has 0 saturated carbocycles. The Morgan fingerprint density at radius 2 is 2.00 bits per heavy atom. The number of hydrogen-bond donors (Lipinski definition) is 1. The van der Waals surface area contributed by atoms with Crippen molar-refractivity contribution in [3.63, 3.8) is 0 Å². The average molecular weight is 255 g/mol. The zero-order valence-corrected chi connectivity index (χ0v) is 11.5. The van der Waals surface area contributed by atoms with E-state index >= 15 is 0 Å². The Bertz CT molecular complexity index is 343. The Labute approximate surface area is 106 Å². The first-order valence-corrected chi connectivity index (χ1v) is 7.36. The van der Waals surface area contributed by atoms with Crippen LogP contribution in [0.3, 0.4) is 0 Å². The van der Waals surface area contributed by atoms with Crippen molar-refractivity contribution < 1.29 is 8.95 Å². The van der Waals surface area contributed by atoms with Crippen LogP contribution in [-0.2, 0) is 15.5 Å². The molecule has 4 heteroatoms. The molecule has 1 aromatic rings. The van der Waals surface area contributed by atoms with Gasteiger partial charge in [0.15, 0.2) is 0 Å². The molecular weight excluding hydrogens is 234 g/mol. The molecule has 0 amide bonds. The molecule has 3 unspecified atom stereocenters. The van der Waals surface area contributed by atoms with Crippen LogP contribution in [0.1, 0.15) is 18.5 Å². The number of benzene rings is 1. The van der Waals surface area contributed by atoms with Crippen LogP contribution < -0.4 is 5.32 Å². The van der Waals surface area contributed by atoms with Crippen molar-refractivity contribution >= 4 is 10.8 Å². The van der Waals surface area contributed by atoms with Gasteiger partial charge in [-0.25, -0.2) is 0 Å². The van der Waals surface area contributed by atoms with Crippen molar-refractivity contribution in [3.05, 3.63) is 35.9 Å². The molecule has 0 aromatic heterocycles. The van der Waals surface area contributed by atoms with E-state index < -0.39 is 10.8 Å². The second kappa shape index (κ2) is 7.58. The van der Waals surface area contributed by atoms with Crippen LogP contribution in [0.15, 0.2) is 30.3 Å². The number of hydrogen-bond acceptors (Lipinski definition) is 3. The summed E-state index contributed by atoms with van der Waals surface area (Å²) in [6.07, 6.45) is 1.74. The van der Waals surface area contributed by atoms with Crippen molar-refractivity contribution in [2.75, 3.05) is 26.5 Å². The highest BCUT2D eigenvalue weighted by Gasteiger charge is 2.13. The fourth-order valence-corrected chi connectivity index (χ4v) is 1.88. The first kappa shape index (κ1) is 14.4. The Hall–Kier alpha value is -0.710. The lowest BCUT2D eigenvalue weighted by atomic mass is 10.1. The molecule has 17 heavy (non-hydrogen) atoms. The predicted octanol–water partition coefficient (Wildman–Crippen LogP) is 1.73. The summed E-state index contributed by atoms with van der Waals surface area (Å²) in [5.74, 6) is 0. The van der Waals surface area contributed by atoms with Crippen molar-refractivity contribution in [1.29, 1.82) is 0 Å². The Morgan fingerprint density at radius 1 is 1.35 bits per heavy atom. The number of nitrogens with one attached hydrogen (secondary N) is 1. The zero-order chi connectivity index (χ0) is 12.7. The largest absolute Gasteiger partial charge is 0.383 e. The number of rotatable bonds is 7. The van der Waals surface area contributed by atoms with Crippen LogP contribution in [-0.4, -0.2) is 36.0 Å². The van der Waals surface area contributed by atoms with Gasteiger partial charge in [0.2, 0.25) is 0 Å². The lowest BCUT2D eigenvalue weighted by molar-refractivity contribution is 0.167. The van der Waals surface area contributed by atoms with Gasteiger partial charge in [-0.1, -0.05) is 30.3 Å². The normalized spacial score (nSPS) is 16.4. The van der Waals surface area contributed by atoms with E-state index in [1.165, 1.54) is 5.56 Å². The first-order valence-electron chi connectivity index (χ1n) is 5.74. The van der Waals surface area contributed by atoms with Gasteiger partial charge >= 0.3 is 0 Å². The standard InChI is InChI=1S/C13H21NO2S/c1-11(17(3)15)9-14-13(10-16-2)12-7-5-4-6-8-12/h4-8,11,13-14H,9-10H2,1-3H3. The second-order valence-corrected chi connectivity index (χ2v) is 5.94. The molecule has 1 aromatic carbocycles. The van der Waals surface area contributed by atoms with E-state index in [-0.39, 0.29) is 11.3 Å². The Kier molecular flexibility index (Phi) is 6.40. The van der Waals surface area contributed by atoms with Gasteiger partial charge in [0.25, 0.3) is 0 Å². The number of methoxy groups -OCH3 is 1. The van der Waals surface area contributed by atoms with Crippen molar-refractivity contribution in [3.8, 4) is 0 Å². The maximum absolute atomic E-state index is 11.3. The molecule has 1 rings (SSSR count). The zero-order valence-electron chi connectivity index (χ0n) is 10.7. The third-order valence-corrected chi connectivity index (χ3v) is 4.05. The molecule has 0 aliphatic carbocycles. The van der Waals surface area contributed by atoms with Crippen LogP contribution in [0.4, 0.5) is 0 Å². The van der Waals surface area contributed by atoms with Crippen LogP contribution in [0, 0.1) is 0 Å². The topological polar surface area (TPSA) is 38.3 Å². The fourth-order valence-electron chi connectivity index (χ4n) is 1.55. The van der Waals surface area contributed by atoms with Crippen LogP contribution in [0.5, 0.6) is 0 Å². The lowest BCUT2D eigenvalue weighted by Gasteiger charge is -2.20. The second-order valence-electron chi connectivity index (χ2n) is 4.14. The van der Waals surface area contributed by atoms with Gasteiger partial charge in [-0.15, -0.1) is 0 Å². The molecule has 0 radical (unpaired) electrons. The minimum Gasteiger partial charge on any atom is -0.383 e. The summed E-state index contributed by atoms with van der Waals surface area (Å²) in [7, 11) is 0.903. The predicted molar refractivity (Wildman–Crippen MR) is 72.6 cm³/mol. The highest BCUT2D eigenvalue weighted by molar-refractivity contribution is 7.84. The van der Waals surface area contributed by atoms with Crippen LogP contribution in [0.2, 0.25) is 0 Å². The average Bonchev–Trinajstić information content (AvgIpc) is 2.35. The SMILES string of the molecule is COCC(NCC(C)S(C)=O)c1ccccc1. The summed E-state index contributed by atoms with van der Waals surface area (Å²) in [6, 6.07) is 10.3. The molecule has 0 saturated heterocycles. The smallest absolute Gasteiger partial charge is 0.0657 e.